The van der Waals surface area contributed by atoms with Crippen LogP contribution in [0.3, 0.4) is 0 Å². The van der Waals surface area contributed by atoms with Gasteiger partial charge in [-0.05, 0) is 18.8 Å². The van der Waals surface area contributed by atoms with Gasteiger partial charge in [0.15, 0.2) is 0 Å². The van der Waals surface area contributed by atoms with Gasteiger partial charge in [-0.1, -0.05) is 6.92 Å². The summed E-state index contributed by atoms with van der Waals surface area (Å²) in [5, 5.41) is 0. The van der Waals surface area contributed by atoms with E-state index < -0.39 is 0 Å². The lowest BCUT2D eigenvalue weighted by Gasteiger charge is -2.37. The minimum absolute atomic E-state index is 0.234. The maximum atomic E-state index is 12.5. The summed E-state index contributed by atoms with van der Waals surface area (Å²) < 4.78 is 4.10. The molecule has 6 heteroatoms. The van der Waals surface area contributed by atoms with Crippen LogP contribution in [0.15, 0.2) is 31.2 Å². The Kier molecular flexibility index (Phi) is 4.27. The van der Waals surface area contributed by atoms with Gasteiger partial charge in [0.2, 0.25) is 5.91 Å². The number of piperidine rings is 1. The van der Waals surface area contributed by atoms with Crippen LogP contribution in [0, 0.1) is 5.92 Å². The van der Waals surface area contributed by atoms with Crippen molar-refractivity contribution in [3.63, 3.8) is 0 Å². The molecule has 2 unspecified atom stereocenters. The van der Waals surface area contributed by atoms with Crippen LogP contribution in [0.4, 0.5) is 0 Å². The highest BCUT2D eigenvalue weighted by Crippen LogP contribution is 2.27. The number of aromatic nitrogens is 4. The third-order valence-corrected chi connectivity index (χ3v) is 4.69. The highest BCUT2D eigenvalue weighted by Gasteiger charge is 2.29. The van der Waals surface area contributed by atoms with E-state index in [1.165, 1.54) is 0 Å². The standard InChI is InChI=1S/C16H23N5O/c1-13-5-7-20(10-15(13)21-8-6-17-12-21)16(22)4-3-14-9-18-11-19(14)2/h6,8-9,11-13,15H,3-5,7,10H2,1-2H3. The highest BCUT2D eigenvalue weighted by molar-refractivity contribution is 5.76. The largest absolute Gasteiger partial charge is 0.341 e. The van der Waals surface area contributed by atoms with Gasteiger partial charge in [0.05, 0.1) is 18.7 Å². The van der Waals surface area contributed by atoms with Crippen molar-refractivity contribution in [3.05, 3.63) is 36.9 Å². The summed E-state index contributed by atoms with van der Waals surface area (Å²) in [7, 11) is 1.96. The first-order valence-corrected chi connectivity index (χ1v) is 7.85. The number of aryl methyl sites for hydroxylation is 2. The Labute approximate surface area is 130 Å². The molecular weight excluding hydrogens is 278 g/mol. The summed E-state index contributed by atoms with van der Waals surface area (Å²) in [5.41, 5.74) is 1.10. The molecule has 0 aliphatic carbocycles. The van der Waals surface area contributed by atoms with Crippen LogP contribution < -0.4 is 0 Å². The third kappa shape index (κ3) is 3.05. The molecule has 0 spiro atoms. The molecule has 0 radical (unpaired) electrons. The molecule has 1 aliphatic rings. The lowest BCUT2D eigenvalue weighted by Crippen LogP contribution is -2.43. The van der Waals surface area contributed by atoms with Gasteiger partial charge in [-0.2, -0.15) is 0 Å². The normalized spacial score (nSPS) is 22.0. The molecule has 0 aromatic carbocycles. The monoisotopic (exact) mass is 301 g/mol. The topological polar surface area (TPSA) is 56.0 Å². The smallest absolute Gasteiger partial charge is 0.223 e. The fraction of sp³-hybridized carbons (Fsp3) is 0.562. The molecule has 0 bridgehead atoms. The summed E-state index contributed by atoms with van der Waals surface area (Å²) in [6, 6.07) is 0.330. The summed E-state index contributed by atoms with van der Waals surface area (Å²) in [6.07, 6.45) is 11.6. The van der Waals surface area contributed by atoms with E-state index in [2.05, 4.69) is 21.5 Å². The van der Waals surface area contributed by atoms with Gasteiger partial charge in [-0.3, -0.25) is 4.79 Å². The molecule has 1 saturated heterocycles. The lowest BCUT2D eigenvalue weighted by atomic mass is 9.93. The molecule has 118 valence electrons. The molecule has 1 fully saturated rings. The Hall–Kier alpha value is -2.11. The van der Waals surface area contributed by atoms with Crippen LogP contribution in [-0.2, 0) is 18.3 Å². The molecule has 3 rings (SSSR count). The number of carbonyl (C=O) groups is 1. The predicted molar refractivity (Wildman–Crippen MR) is 83.2 cm³/mol. The van der Waals surface area contributed by atoms with Crippen LogP contribution in [0.5, 0.6) is 0 Å². The van der Waals surface area contributed by atoms with E-state index in [0.717, 1.165) is 31.6 Å². The van der Waals surface area contributed by atoms with E-state index in [-0.39, 0.29) is 5.91 Å². The van der Waals surface area contributed by atoms with Gasteiger partial charge in [0.1, 0.15) is 0 Å². The number of imidazole rings is 2. The molecule has 2 atom stereocenters. The molecule has 22 heavy (non-hydrogen) atoms. The zero-order valence-electron chi connectivity index (χ0n) is 13.2. The number of amides is 1. The number of nitrogens with zero attached hydrogens (tertiary/aromatic N) is 5. The number of likely N-dealkylation sites (tertiary alicyclic amines) is 1. The van der Waals surface area contributed by atoms with Gasteiger partial charge < -0.3 is 14.0 Å². The first-order valence-electron chi connectivity index (χ1n) is 7.85. The fourth-order valence-corrected chi connectivity index (χ4v) is 3.15. The van der Waals surface area contributed by atoms with Crippen molar-refractivity contribution < 1.29 is 4.79 Å². The minimum atomic E-state index is 0.234. The van der Waals surface area contributed by atoms with E-state index in [0.29, 0.717) is 18.4 Å². The molecule has 1 aliphatic heterocycles. The molecule has 0 saturated carbocycles. The second kappa shape index (κ2) is 6.34. The number of rotatable bonds is 4. The van der Waals surface area contributed by atoms with E-state index >= 15 is 0 Å². The molecular formula is C16H23N5O. The molecule has 6 nitrogen and oxygen atoms in total. The van der Waals surface area contributed by atoms with Crippen LogP contribution in [0.1, 0.15) is 31.5 Å². The Balaban J connectivity index is 1.60. The Morgan fingerprint density at radius 2 is 2.23 bits per heavy atom. The molecule has 2 aromatic heterocycles. The quantitative estimate of drug-likeness (QED) is 0.863. The van der Waals surface area contributed by atoms with Crippen LogP contribution >= 0.6 is 0 Å². The maximum Gasteiger partial charge on any atom is 0.223 e. The number of carbonyl (C=O) groups excluding carboxylic acids is 1. The second-order valence-electron chi connectivity index (χ2n) is 6.18. The van der Waals surface area contributed by atoms with E-state index in [9.17, 15) is 4.79 Å². The van der Waals surface area contributed by atoms with E-state index in [1.54, 1.807) is 12.5 Å². The van der Waals surface area contributed by atoms with Crippen molar-refractivity contribution in [3.8, 4) is 0 Å². The summed E-state index contributed by atoms with van der Waals surface area (Å²) >= 11 is 0. The summed E-state index contributed by atoms with van der Waals surface area (Å²) in [4.78, 5) is 22.7. The zero-order chi connectivity index (χ0) is 15.5. The maximum absolute atomic E-state index is 12.5. The highest BCUT2D eigenvalue weighted by atomic mass is 16.2. The van der Waals surface area contributed by atoms with Gasteiger partial charge >= 0.3 is 0 Å². The first-order chi connectivity index (χ1) is 10.6. The number of hydrogen-bond acceptors (Lipinski definition) is 3. The Morgan fingerprint density at radius 3 is 2.91 bits per heavy atom. The Morgan fingerprint density at radius 1 is 1.36 bits per heavy atom. The molecule has 3 heterocycles. The Bertz CT molecular complexity index is 618. The van der Waals surface area contributed by atoms with E-state index in [1.807, 2.05) is 35.2 Å². The third-order valence-electron chi connectivity index (χ3n) is 4.69. The molecule has 1 amide bonds. The van der Waals surface area contributed by atoms with Crippen molar-refractivity contribution in [2.75, 3.05) is 13.1 Å². The minimum Gasteiger partial charge on any atom is -0.341 e. The summed E-state index contributed by atoms with van der Waals surface area (Å²) in [6.45, 7) is 3.89. The van der Waals surface area contributed by atoms with Crippen molar-refractivity contribution in [1.82, 2.24) is 24.0 Å². The molecule has 2 aromatic rings. The second-order valence-corrected chi connectivity index (χ2v) is 6.18. The van der Waals surface area contributed by atoms with Crippen molar-refractivity contribution in [1.29, 1.82) is 0 Å². The zero-order valence-corrected chi connectivity index (χ0v) is 13.2. The van der Waals surface area contributed by atoms with Crippen LogP contribution in [0.2, 0.25) is 0 Å². The average Bonchev–Trinajstić information content (AvgIpc) is 3.17. The van der Waals surface area contributed by atoms with Crippen molar-refractivity contribution >= 4 is 5.91 Å². The van der Waals surface area contributed by atoms with Crippen LogP contribution in [-0.4, -0.2) is 43.0 Å². The van der Waals surface area contributed by atoms with Gasteiger partial charge in [-0.15, -0.1) is 0 Å². The predicted octanol–water partition coefficient (Wildman–Crippen LogP) is 1.66. The lowest BCUT2D eigenvalue weighted by molar-refractivity contribution is -0.133. The van der Waals surface area contributed by atoms with Crippen LogP contribution in [0.25, 0.3) is 0 Å². The van der Waals surface area contributed by atoms with Gasteiger partial charge in [0, 0.05) is 50.8 Å². The SMILES string of the molecule is CC1CCN(C(=O)CCc2cncn2C)CC1n1ccnc1. The fourth-order valence-electron chi connectivity index (χ4n) is 3.15. The van der Waals surface area contributed by atoms with Gasteiger partial charge in [-0.25, -0.2) is 9.97 Å². The number of hydrogen-bond donors (Lipinski definition) is 0. The van der Waals surface area contributed by atoms with Crippen molar-refractivity contribution in [2.45, 2.75) is 32.2 Å². The first kappa shape index (κ1) is 14.8. The average molecular weight is 301 g/mol. The van der Waals surface area contributed by atoms with E-state index in [4.69, 9.17) is 0 Å². The molecule has 0 N–H and O–H groups in total. The van der Waals surface area contributed by atoms with Gasteiger partial charge in [0.25, 0.3) is 0 Å². The van der Waals surface area contributed by atoms with Crippen molar-refractivity contribution in [2.24, 2.45) is 13.0 Å². The summed E-state index contributed by atoms with van der Waals surface area (Å²) in [5.74, 6) is 0.800.